The van der Waals surface area contributed by atoms with Gasteiger partial charge in [-0.25, -0.2) is 9.69 Å². The number of rotatable bonds is 13. The number of amides is 3. The van der Waals surface area contributed by atoms with E-state index >= 15 is 14.4 Å². The first-order valence-electron chi connectivity index (χ1n) is 24.4. The Bertz CT molecular complexity index is 3120. The van der Waals surface area contributed by atoms with Gasteiger partial charge in [0.25, 0.3) is 0 Å². The summed E-state index contributed by atoms with van der Waals surface area (Å²) in [6, 6.07) is 38.8. The number of carbonyl (C=O) groups is 4. The summed E-state index contributed by atoms with van der Waals surface area (Å²) in [5.74, 6) is 5.12. The van der Waals surface area contributed by atoms with Gasteiger partial charge in [0, 0.05) is 31.3 Å². The molecule has 3 amide bonds. The van der Waals surface area contributed by atoms with E-state index in [0.717, 1.165) is 21.6 Å². The normalized spacial score (nSPS) is 21.7. The third-order valence-electron chi connectivity index (χ3n) is 14.4. The van der Waals surface area contributed by atoms with E-state index in [1.807, 2.05) is 89.8 Å². The van der Waals surface area contributed by atoms with Gasteiger partial charge in [0.05, 0.1) is 58.2 Å². The van der Waals surface area contributed by atoms with E-state index in [2.05, 4.69) is 11.8 Å². The first kappa shape index (κ1) is 49.4. The third-order valence-corrected chi connectivity index (χ3v) is 14.4. The fourth-order valence-electron chi connectivity index (χ4n) is 11.2. The van der Waals surface area contributed by atoms with Crippen molar-refractivity contribution in [2.45, 2.75) is 42.6 Å². The van der Waals surface area contributed by atoms with Gasteiger partial charge in [-0.1, -0.05) is 84.6 Å². The van der Waals surface area contributed by atoms with Crippen molar-refractivity contribution in [2.75, 3.05) is 66.3 Å². The number of imide groups is 1. The molecule has 378 valence electrons. The Morgan fingerprint density at radius 1 is 0.689 bits per heavy atom. The lowest BCUT2D eigenvalue weighted by atomic mass is 9.64. The van der Waals surface area contributed by atoms with Crippen molar-refractivity contribution in [1.82, 2.24) is 9.80 Å². The zero-order valence-electron chi connectivity index (χ0n) is 41.4. The number of morpholine rings is 1. The van der Waals surface area contributed by atoms with E-state index in [4.69, 9.17) is 33.2 Å². The monoisotopic (exact) mass is 997 g/mol. The van der Waals surface area contributed by atoms with E-state index in [9.17, 15) is 9.90 Å². The van der Waals surface area contributed by atoms with Gasteiger partial charge >= 0.3 is 12.1 Å². The Labute approximate surface area is 429 Å². The smallest absolute Gasteiger partial charge is 0.421 e. The van der Waals surface area contributed by atoms with Gasteiger partial charge in [-0.15, -0.1) is 0 Å². The van der Waals surface area contributed by atoms with Crippen molar-refractivity contribution in [3.05, 3.63) is 184 Å². The maximum atomic E-state index is 16.7. The summed E-state index contributed by atoms with van der Waals surface area (Å²) in [5, 5.41) is 9.68. The molecule has 4 heterocycles. The number of hydrogen-bond acceptors (Lipinski definition) is 13. The SMILES string of the molecule is COCCOC(=O)N1C(=O)C2(c3cc(C#Cc4ccc(OC)cc4)ccc31)C(C(=O)N1CCc3cc(OC)c(OC)cc3C1)C1C(=O)OC(c3ccccc3)C(c3ccccc3)N1C2c1ccc(OCCO)cc1. The number of aliphatic hydroxyl groups is 1. The number of benzene rings is 6. The van der Waals surface area contributed by atoms with Crippen LogP contribution in [-0.4, -0.2) is 106 Å². The number of esters is 1. The summed E-state index contributed by atoms with van der Waals surface area (Å²) in [5.41, 5.74) is 3.31. The second-order valence-corrected chi connectivity index (χ2v) is 18.3. The number of anilines is 1. The fraction of sp³-hybridized carbons (Fsp3) is 0.288. The molecule has 6 aromatic rings. The van der Waals surface area contributed by atoms with Crippen LogP contribution in [0.5, 0.6) is 23.0 Å². The highest BCUT2D eigenvalue weighted by Gasteiger charge is 2.76. The van der Waals surface area contributed by atoms with Crippen LogP contribution in [-0.2, 0) is 47.0 Å². The van der Waals surface area contributed by atoms with E-state index < -0.39 is 59.4 Å². The van der Waals surface area contributed by atoms with Gasteiger partial charge in [0.2, 0.25) is 11.8 Å². The molecular formula is C59H55N3O12. The molecule has 6 aromatic carbocycles. The quantitative estimate of drug-likeness (QED) is 0.0688. The van der Waals surface area contributed by atoms with E-state index in [-0.39, 0.29) is 45.2 Å². The molecule has 74 heavy (non-hydrogen) atoms. The number of aliphatic hydroxyl groups excluding tert-OH is 1. The Morgan fingerprint density at radius 3 is 2.00 bits per heavy atom. The van der Waals surface area contributed by atoms with Crippen molar-refractivity contribution in [1.29, 1.82) is 0 Å². The molecule has 0 aromatic heterocycles. The van der Waals surface area contributed by atoms with Crippen LogP contribution < -0.4 is 23.8 Å². The Kier molecular flexibility index (Phi) is 14.1. The van der Waals surface area contributed by atoms with Crippen LogP contribution in [0.3, 0.4) is 0 Å². The number of cyclic esters (lactones) is 1. The van der Waals surface area contributed by atoms with Crippen LogP contribution in [0.15, 0.2) is 140 Å². The number of hydrogen-bond donors (Lipinski definition) is 1. The molecule has 15 heteroatoms. The number of nitrogens with zero attached hydrogens (tertiary/aromatic N) is 3. The number of fused-ring (bicyclic) bond motifs is 4. The van der Waals surface area contributed by atoms with Crippen molar-refractivity contribution in [3.8, 4) is 34.8 Å². The van der Waals surface area contributed by atoms with E-state index in [0.29, 0.717) is 57.2 Å². The minimum atomic E-state index is -2.06. The maximum Gasteiger partial charge on any atom is 0.421 e. The minimum Gasteiger partial charge on any atom is -0.497 e. The Morgan fingerprint density at radius 2 is 1.34 bits per heavy atom. The average Bonchev–Trinajstić information content (AvgIpc) is 3.92. The van der Waals surface area contributed by atoms with Crippen LogP contribution >= 0.6 is 0 Å². The van der Waals surface area contributed by atoms with Gasteiger partial charge in [-0.2, -0.15) is 0 Å². The zero-order chi connectivity index (χ0) is 51.5. The molecule has 2 saturated heterocycles. The van der Waals surface area contributed by atoms with Gasteiger partial charge in [-0.05, 0) is 107 Å². The topological polar surface area (TPSA) is 163 Å². The van der Waals surface area contributed by atoms with E-state index in [1.54, 1.807) is 80.8 Å². The van der Waals surface area contributed by atoms with Crippen LogP contribution in [0, 0.1) is 17.8 Å². The molecular weight excluding hydrogens is 943 g/mol. The molecule has 10 rings (SSSR count). The summed E-state index contributed by atoms with van der Waals surface area (Å²) >= 11 is 0. The fourth-order valence-corrected chi connectivity index (χ4v) is 11.2. The zero-order valence-corrected chi connectivity index (χ0v) is 41.4. The summed E-state index contributed by atoms with van der Waals surface area (Å²) in [6.45, 7) is 0.0164. The lowest BCUT2D eigenvalue weighted by molar-refractivity contribution is -0.179. The van der Waals surface area contributed by atoms with Crippen molar-refractivity contribution in [2.24, 2.45) is 5.92 Å². The van der Waals surface area contributed by atoms with Gasteiger partial charge in [0.15, 0.2) is 11.5 Å². The molecule has 4 aliphatic rings. The minimum absolute atomic E-state index is 0.0299. The Hall–Kier alpha value is -8.16. The van der Waals surface area contributed by atoms with E-state index in [1.165, 1.54) is 7.11 Å². The second-order valence-electron chi connectivity index (χ2n) is 18.3. The number of methoxy groups -OCH3 is 4. The van der Waals surface area contributed by atoms with Crippen LogP contribution in [0.2, 0.25) is 0 Å². The highest BCUT2D eigenvalue weighted by Crippen LogP contribution is 2.66. The summed E-state index contributed by atoms with van der Waals surface area (Å²) in [4.78, 5) is 68.3. The predicted molar refractivity (Wildman–Crippen MR) is 272 cm³/mol. The van der Waals surface area contributed by atoms with Gasteiger partial charge in [0.1, 0.15) is 42.3 Å². The molecule has 15 nitrogen and oxygen atoms in total. The lowest BCUT2D eigenvalue weighted by Gasteiger charge is -2.46. The highest BCUT2D eigenvalue weighted by molar-refractivity contribution is 6.23. The Balaban J connectivity index is 1.26. The van der Waals surface area contributed by atoms with Gasteiger partial charge < -0.3 is 43.2 Å². The highest BCUT2D eigenvalue weighted by atomic mass is 16.6. The summed E-state index contributed by atoms with van der Waals surface area (Å²) in [7, 11) is 6.17. The first-order chi connectivity index (χ1) is 36.1. The molecule has 0 bridgehead atoms. The van der Waals surface area contributed by atoms with Gasteiger partial charge in [-0.3, -0.25) is 19.3 Å². The predicted octanol–water partition coefficient (Wildman–Crippen LogP) is 7.52. The molecule has 1 spiro atoms. The molecule has 0 aliphatic carbocycles. The molecule has 1 N–H and O–H groups in total. The molecule has 0 saturated carbocycles. The van der Waals surface area contributed by atoms with Crippen LogP contribution in [0.1, 0.15) is 62.7 Å². The largest absolute Gasteiger partial charge is 0.497 e. The summed E-state index contributed by atoms with van der Waals surface area (Å²) in [6.07, 6.45) is -1.49. The van der Waals surface area contributed by atoms with Crippen molar-refractivity contribution < 1.29 is 57.4 Å². The molecule has 6 atom stereocenters. The van der Waals surface area contributed by atoms with Crippen LogP contribution in [0.4, 0.5) is 10.5 Å². The second kappa shape index (κ2) is 21.1. The molecule has 0 radical (unpaired) electrons. The standard InChI is InChI=1S/C59H55N3O12/c1-68-31-32-73-58(67)61-47-26-19-38(16-15-37-17-22-44(69-2)23-18-37)33-46(47)59(57(61)66)50(55(64)60-28-27-42-34-48(70-3)49(71-4)35-43(42)36-60)52-56(65)74-53(40-13-9-6-10-14-40)51(39-11-7-5-8-12-39)62(52)54(59)41-20-24-45(25-21-41)72-30-29-63/h5-14,17-26,33-35,50-54,63H,27-32,36H2,1-4H3. The lowest BCUT2D eigenvalue weighted by Crippen LogP contribution is -2.57. The molecule has 6 unspecified atom stereocenters. The number of ether oxygens (including phenoxy) is 7. The molecule has 2 fully saturated rings. The average molecular weight is 998 g/mol. The molecule has 4 aliphatic heterocycles. The third kappa shape index (κ3) is 8.74. The van der Waals surface area contributed by atoms with Crippen molar-refractivity contribution in [3.63, 3.8) is 0 Å². The number of carbonyl (C=O) groups excluding carboxylic acids is 4. The summed E-state index contributed by atoms with van der Waals surface area (Å²) < 4.78 is 40.3. The van der Waals surface area contributed by atoms with Crippen LogP contribution in [0.25, 0.3) is 0 Å². The first-order valence-corrected chi connectivity index (χ1v) is 24.4. The maximum absolute atomic E-state index is 16.7. The van der Waals surface area contributed by atoms with Crippen molar-refractivity contribution >= 4 is 29.6 Å².